The van der Waals surface area contributed by atoms with Crippen LogP contribution in [0.3, 0.4) is 0 Å². The fourth-order valence-corrected chi connectivity index (χ4v) is 17.0. The summed E-state index contributed by atoms with van der Waals surface area (Å²) in [4.78, 5) is 14.0. The molecular formula is C36H51NO5SSi. The highest BCUT2D eigenvalue weighted by Gasteiger charge is 2.72. The van der Waals surface area contributed by atoms with Crippen molar-refractivity contribution in [3.05, 3.63) is 60.7 Å². The molecule has 2 heterocycles. The molecule has 0 unspecified atom stereocenters. The second-order valence-corrected chi connectivity index (χ2v) is 21.8. The molecule has 4 fully saturated rings. The van der Waals surface area contributed by atoms with Crippen molar-refractivity contribution >= 4 is 34.6 Å². The third-order valence-corrected chi connectivity index (χ3v) is 19.2. The Labute approximate surface area is 266 Å². The molecule has 4 aliphatic rings. The van der Waals surface area contributed by atoms with Crippen molar-refractivity contribution in [2.45, 2.75) is 116 Å². The predicted molar refractivity (Wildman–Crippen MR) is 178 cm³/mol. The van der Waals surface area contributed by atoms with Crippen LogP contribution in [0.25, 0.3) is 0 Å². The molecule has 1 spiro atoms. The maximum absolute atomic E-state index is 14.0. The van der Waals surface area contributed by atoms with Gasteiger partial charge in [-0.1, -0.05) is 102 Å². The third kappa shape index (κ3) is 4.85. The lowest BCUT2D eigenvalue weighted by Crippen LogP contribution is -2.67. The Balaban J connectivity index is 1.16. The molecule has 6 rings (SSSR count). The van der Waals surface area contributed by atoms with Gasteiger partial charge in [0.2, 0.25) is 15.9 Å². The van der Waals surface area contributed by atoms with Crippen LogP contribution in [0, 0.1) is 22.7 Å². The van der Waals surface area contributed by atoms with E-state index in [1.54, 1.807) is 0 Å². The summed E-state index contributed by atoms with van der Waals surface area (Å²) in [5, 5.41) is 2.39. The summed E-state index contributed by atoms with van der Waals surface area (Å²) in [6.07, 6.45) is 4.70. The molecule has 0 aromatic heterocycles. The fraction of sp³-hybridized carbons (Fsp3) is 0.639. The first-order valence-electron chi connectivity index (χ1n) is 16.6. The van der Waals surface area contributed by atoms with E-state index in [1.165, 1.54) is 14.7 Å². The Morgan fingerprint density at radius 1 is 1.00 bits per heavy atom. The van der Waals surface area contributed by atoms with E-state index in [4.69, 9.17) is 9.16 Å². The number of sulfonamides is 1. The van der Waals surface area contributed by atoms with Gasteiger partial charge in [0.25, 0.3) is 8.32 Å². The summed E-state index contributed by atoms with van der Waals surface area (Å²) in [5.41, 5.74) is -0.363. The average Bonchev–Trinajstić information content (AvgIpc) is 3.65. The van der Waals surface area contributed by atoms with Gasteiger partial charge in [-0.15, -0.1) is 0 Å². The van der Waals surface area contributed by atoms with E-state index in [-0.39, 0.29) is 51.9 Å². The monoisotopic (exact) mass is 637 g/mol. The number of carbonyl (C=O) groups is 1. The summed E-state index contributed by atoms with van der Waals surface area (Å²) >= 11 is 0. The van der Waals surface area contributed by atoms with Crippen molar-refractivity contribution in [1.82, 2.24) is 4.31 Å². The SMILES string of the molecule is C[C@@H](C[C@H]1CC[C@@H]([C@@H](C)C(=O)N2[C@@H]3C[C@H]4CC[C@]3(CS2(=O)=O)C4(C)C)O1)O[Si](c1ccccc1)(c1ccccc1)C(C)(C)C. The zero-order chi connectivity index (χ0) is 31.7. The van der Waals surface area contributed by atoms with Gasteiger partial charge in [-0.2, -0.15) is 0 Å². The fourth-order valence-electron chi connectivity index (χ4n) is 9.62. The van der Waals surface area contributed by atoms with Crippen molar-refractivity contribution in [3.8, 4) is 0 Å². The van der Waals surface area contributed by atoms with Crippen LogP contribution in [-0.4, -0.2) is 57.1 Å². The molecule has 240 valence electrons. The lowest BCUT2D eigenvalue weighted by atomic mass is 9.69. The minimum Gasteiger partial charge on any atom is -0.405 e. The maximum atomic E-state index is 14.0. The van der Waals surface area contributed by atoms with Gasteiger partial charge in [-0.25, -0.2) is 12.7 Å². The Bertz CT molecular complexity index is 1430. The number of hydrogen-bond acceptors (Lipinski definition) is 5. The van der Waals surface area contributed by atoms with Gasteiger partial charge in [0, 0.05) is 11.5 Å². The highest BCUT2D eigenvalue weighted by atomic mass is 32.2. The minimum atomic E-state index is -3.64. The maximum Gasteiger partial charge on any atom is 0.261 e. The Morgan fingerprint density at radius 3 is 2.14 bits per heavy atom. The largest absolute Gasteiger partial charge is 0.405 e. The number of carbonyl (C=O) groups excluding carboxylic acids is 1. The molecule has 7 atom stereocenters. The van der Waals surface area contributed by atoms with Crippen molar-refractivity contribution in [2.24, 2.45) is 22.7 Å². The van der Waals surface area contributed by atoms with Gasteiger partial charge in [0.15, 0.2) is 0 Å². The number of amides is 1. The molecule has 2 aromatic rings. The summed E-state index contributed by atoms with van der Waals surface area (Å²) in [7, 11) is -6.33. The lowest BCUT2D eigenvalue weighted by Gasteiger charge is -2.45. The molecule has 2 saturated carbocycles. The number of benzene rings is 2. The Morgan fingerprint density at radius 2 is 1.59 bits per heavy atom. The number of ether oxygens (including phenoxy) is 1. The molecule has 2 aliphatic heterocycles. The highest BCUT2D eigenvalue weighted by Crippen LogP contribution is 2.70. The van der Waals surface area contributed by atoms with Crippen LogP contribution in [0.5, 0.6) is 0 Å². The number of rotatable bonds is 8. The highest BCUT2D eigenvalue weighted by molar-refractivity contribution is 7.90. The molecule has 0 radical (unpaired) electrons. The molecule has 0 N–H and O–H groups in total. The van der Waals surface area contributed by atoms with Crippen LogP contribution in [0.4, 0.5) is 0 Å². The topological polar surface area (TPSA) is 72.9 Å². The predicted octanol–water partition coefficient (Wildman–Crippen LogP) is 5.89. The molecule has 8 heteroatoms. The van der Waals surface area contributed by atoms with E-state index in [0.717, 1.165) is 38.5 Å². The molecular weight excluding hydrogens is 587 g/mol. The first-order valence-corrected chi connectivity index (χ1v) is 20.2. The van der Waals surface area contributed by atoms with Crippen LogP contribution in [0.15, 0.2) is 60.7 Å². The molecule has 1 amide bonds. The van der Waals surface area contributed by atoms with E-state index < -0.39 is 24.3 Å². The van der Waals surface area contributed by atoms with E-state index in [9.17, 15) is 13.2 Å². The van der Waals surface area contributed by atoms with Crippen molar-refractivity contribution in [3.63, 3.8) is 0 Å². The van der Waals surface area contributed by atoms with Gasteiger partial charge in [0.1, 0.15) is 0 Å². The van der Waals surface area contributed by atoms with Crippen LogP contribution >= 0.6 is 0 Å². The average molecular weight is 638 g/mol. The quantitative estimate of drug-likeness (QED) is 0.338. The minimum absolute atomic E-state index is 0.0357. The van der Waals surface area contributed by atoms with E-state index in [2.05, 4.69) is 102 Å². The van der Waals surface area contributed by atoms with Crippen LogP contribution in [0.1, 0.15) is 87.0 Å². The standard InChI is InChI=1S/C36H51NO5SSi/c1-25(42-44(34(3,4)5,29-14-10-8-11-15-29)30-16-12-9-13-17-30)22-28-18-19-31(41-28)26(2)33(38)37-32-23-27-20-21-36(32,35(27,6)7)24-43(37,39)40/h8-17,25-28,31-32H,18-24H2,1-7H3/t25-,26+,27+,28+,31-,32+,36+/m0/s1. The molecule has 44 heavy (non-hydrogen) atoms. The van der Waals surface area contributed by atoms with Gasteiger partial charge in [0.05, 0.1) is 29.9 Å². The van der Waals surface area contributed by atoms with Gasteiger partial charge >= 0.3 is 0 Å². The molecule has 2 aromatic carbocycles. The second kappa shape index (κ2) is 11.1. The lowest BCUT2D eigenvalue weighted by molar-refractivity contribution is -0.137. The molecule has 2 bridgehead atoms. The van der Waals surface area contributed by atoms with Crippen LogP contribution in [-0.2, 0) is 24.0 Å². The summed E-state index contributed by atoms with van der Waals surface area (Å²) in [6, 6.07) is 21.1. The Hall–Kier alpha value is -2.00. The first kappa shape index (κ1) is 32.0. The number of fused-ring (bicyclic) bond motifs is 1. The van der Waals surface area contributed by atoms with E-state index >= 15 is 0 Å². The molecule has 2 aliphatic carbocycles. The number of nitrogens with zero attached hydrogens (tertiary/aromatic N) is 1. The summed E-state index contributed by atoms with van der Waals surface area (Å²) in [6.45, 7) is 15.3. The summed E-state index contributed by atoms with van der Waals surface area (Å²) < 4.78 is 42.2. The van der Waals surface area contributed by atoms with Crippen LogP contribution < -0.4 is 10.4 Å². The van der Waals surface area contributed by atoms with Crippen LogP contribution in [0.2, 0.25) is 5.04 Å². The van der Waals surface area contributed by atoms with Gasteiger partial charge in [-0.05, 0) is 72.2 Å². The first-order chi connectivity index (χ1) is 20.6. The Kier molecular flexibility index (Phi) is 8.03. The normalized spacial score (nSPS) is 32.0. The number of hydrogen-bond donors (Lipinski definition) is 0. The second-order valence-electron chi connectivity index (χ2n) is 15.7. The zero-order valence-electron chi connectivity index (χ0n) is 27.6. The smallest absolute Gasteiger partial charge is 0.261 e. The summed E-state index contributed by atoms with van der Waals surface area (Å²) in [5.74, 6) is -0.173. The van der Waals surface area contributed by atoms with Crippen molar-refractivity contribution in [1.29, 1.82) is 0 Å². The van der Waals surface area contributed by atoms with Gasteiger partial charge < -0.3 is 9.16 Å². The van der Waals surface area contributed by atoms with E-state index in [1.807, 2.05) is 6.92 Å². The zero-order valence-corrected chi connectivity index (χ0v) is 29.4. The van der Waals surface area contributed by atoms with E-state index in [0.29, 0.717) is 5.92 Å². The van der Waals surface area contributed by atoms with Crippen molar-refractivity contribution in [2.75, 3.05) is 5.75 Å². The molecule has 2 saturated heterocycles. The third-order valence-electron chi connectivity index (χ3n) is 12.1. The van der Waals surface area contributed by atoms with Crippen molar-refractivity contribution < 1.29 is 22.4 Å². The van der Waals surface area contributed by atoms with Gasteiger partial charge in [-0.3, -0.25) is 4.79 Å². The molecule has 6 nitrogen and oxygen atoms in total.